The first kappa shape index (κ1) is 15.6. The molecule has 3 unspecified atom stereocenters. The second-order valence-corrected chi connectivity index (χ2v) is 6.88. The van der Waals surface area contributed by atoms with Crippen molar-refractivity contribution in [2.75, 3.05) is 0 Å². The summed E-state index contributed by atoms with van der Waals surface area (Å²) in [6.45, 7) is 7.74. The Morgan fingerprint density at radius 2 is 2.00 bits per heavy atom. The quantitative estimate of drug-likeness (QED) is 0.387. The molecule has 2 rings (SSSR count). The molecule has 0 aliphatic heterocycles. The molecule has 0 amide bonds. The van der Waals surface area contributed by atoms with Gasteiger partial charge in [0.25, 0.3) is 0 Å². The predicted octanol–water partition coefficient (Wildman–Crippen LogP) is 5.03. The largest absolute Gasteiger partial charge is 0.455 e. The normalized spacial score (nSPS) is 32.7. The lowest BCUT2D eigenvalue weighted by molar-refractivity contribution is -0.162. The van der Waals surface area contributed by atoms with E-state index in [2.05, 4.69) is 13.5 Å². The fourth-order valence-corrected chi connectivity index (χ4v) is 4.30. The number of esters is 1. The number of unbranched alkanes of at least 4 members (excludes halogenated alkanes) is 2. The summed E-state index contributed by atoms with van der Waals surface area (Å²) in [5.41, 5.74) is 0.371. The fourth-order valence-electron chi connectivity index (χ4n) is 4.30. The molecular weight excluding hydrogens is 248 g/mol. The van der Waals surface area contributed by atoms with Gasteiger partial charge in [-0.2, -0.15) is 0 Å². The molecule has 0 spiro atoms. The topological polar surface area (TPSA) is 26.3 Å². The van der Waals surface area contributed by atoms with Gasteiger partial charge in [0, 0.05) is 11.5 Å². The van der Waals surface area contributed by atoms with Crippen LogP contribution in [0.5, 0.6) is 0 Å². The van der Waals surface area contributed by atoms with Crippen molar-refractivity contribution in [2.24, 2.45) is 11.8 Å². The van der Waals surface area contributed by atoms with Crippen molar-refractivity contribution in [1.29, 1.82) is 0 Å². The SMILES string of the molecule is C=C(C)C(=O)OC1(CCCCC)CCC2CCCCC21. The van der Waals surface area contributed by atoms with Crippen molar-refractivity contribution in [3.05, 3.63) is 12.2 Å². The first-order valence-electron chi connectivity index (χ1n) is 8.48. The average molecular weight is 278 g/mol. The molecule has 0 heterocycles. The van der Waals surface area contributed by atoms with E-state index in [-0.39, 0.29) is 11.6 Å². The summed E-state index contributed by atoms with van der Waals surface area (Å²) in [5.74, 6) is 1.23. The Kier molecular flexibility index (Phi) is 5.29. The van der Waals surface area contributed by atoms with E-state index in [1.165, 1.54) is 51.4 Å². The monoisotopic (exact) mass is 278 g/mol. The number of fused-ring (bicyclic) bond motifs is 1. The highest BCUT2D eigenvalue weighted by Crippen LogP contribution is 2.52. The summed E-state index contributed by atoms with van der Waals surface area (Å²) in [7, 11) is 0. The maximum Gasteiger partial charge on any atom is 0.333 e. The summed E-state index contributed by atoms with van der Waals surface area (Å²) in [6, 6.07) is 0. The lowest BCUT2D eigenvalue weighted by Gasteiger charge is -2.39. The maximum absolute atomic E-state index is 12.1. The van der Waals surface area contributed by atoms with Gasteiger partial charge in [0.1, 0.15) is 5.60 Å². The van der Waals surface area contributed by atoms with Crippen molar-refractivity contribution in [1.82, 2.24) is 0 Å². The minimum Gasteiger partial charge on any atom is -0.455 e. The van der Waals surface area contributed by atoms with Gasteiger partial charge in [0.2, 0.25) is 0 Å². The standard InChI is InChI=1S/C18H30O2/c1-4-5-8-12-18(20-17(19)14(2)3)13-11-15-9-6-7-10-16(15)18/h15-16H,2,4-13H2,1,3H3. The smallest absolute Gasteiger partial charge is 0.333 e. The molecule has 0 aromatic carbocycles. The van der Waals surface area contributed by atoms with Crippen LogP contribution in [-0.4, -0.2) is 11.6 Å². The lowest BCUT2D eigenvalue weighted by atomic mass is 9.74. The molecule has 0 aromatic rings. The van der Waals surface area contributed by atoms with Crippen molar-refractivity contribution < 1.29 is 9.53 Å². The molecule has 20 heavy (non-hydrogen) atoms. The van der Waals surface area contributed by atoms with E-state index in [0.717, 1.165) is 18.8 Å². The summed E-state index contributed by atoms with van der Waals surface area (Å²) in [4.78, 5) is 12.1. The molecule has 2 fully saturated rings. The van der Waals surface area contributed by atoms with Gasteiger partial charge in [-0.3, -0.25) is 0 Å². The van der Waals surface area contributed by atoms with E-state index in [9.17, 15) is 4.79 Å². The van der Waals surface area contributed by atoms with E-state index in [1.807, 2.05) is 0 Å². The van der Waals surface area contributed by atoms with Crippen molar-refractivity contribution in [2.45, 2.75) is 83.7 Å². The van der Waals surface area contributed by atoms with Crippen LogP contribution in [0.2, 0.25) is 0 Å². The summed E-state index contributed by atoms with van der Waals surface area (Å²) in [6.07, 6.45) is 12.3. The maximum atomic E-state index is 12.1. The van der Waals surface area contributed by atoms with Gasteiger partial charge in [0.05, 0.1) is 0 Å². The minimum absolute atomic E-state index is 0.170. The number of hydrogen-bond acceptors (Lipinski definition) is 2. The number of carbonyl (C=O) groups is 1. The molecule has 2 aliphatic carbocycles. The molecule has 2 aliphatic rings. The zero-order valence-electron chi connectivity index (χ0n) is 13.2. The third-order valence-corrected chi connectivity index (χ3v) is 5.37. The molecule has 0 N–H and O–H groups in total. The number of hydrogen-bond donors (Lipinski definition) is 0. The van der Waals surface area contributed by atoms with Gasteiger partial charge >= 0.3 is 5.97 Å². The van der Waals surface area contributed by atoms with E-state index < -0.39 is 0 Å². The Morgan fingerprint density at radius 1 is 1.25 bits per heavy atom. The van der Waals surface area contributed by atoms with Gasteiger partial charge < -0.3 is 4.74 Å². The van der Waals surface area contributed by atoms with Crippen LogP contribution >= 0.6 is 0 Å². The van der Waals surface area contributed by atoms with Crippen LogP contribution in [-0.2, 0) is 9.53 Å². The Morgan fingerprint density at radius 3 is 2.70 bits per heavy atom. The first-order chi connectivity index (χ1) is 9.59. The van der Waals surface area contributed by atoms with Crippen LogP contribution in [0, 0.1) is 11.8 Å². The molecule has 0 radical (unpaired) electrons. The van der Waals surface area contributed by atoms with Gasteiger partial charge in [-0.1, -0.05) is 45.6 Å². The zero-order valence-corrected chi connectivity index (χ0v) is 13.2. The molecule has 2 saturated carbocycles. The molecule has 0 aromatic heterocycles. The van der Waals surface area contributed by atoms with E-state index in [4.69, 9.17) is 4.74 Å². The fraction of sp³-hybridized carbons (Fsp3) is 0.833. The van der Waals surface area contributed by atoms with Gasteiger partial charge in [-0.15, -0.1) is 0 Å². The van der Waals surface area contributed by atoms with Crippen LogP contribution in [0.15, 0.2) is 12.2 Å². The third kappa shape index (κ3) is 3.27. The van der Waals surface area contributed by atoms with Crippen molar-refractivity contribution in [3.8, 4) is 0 Å². The average Bonchev–Trinajstić information content (AvgIpc) is 2.79. The minimum atomic E-state index is -0.173. The van der Waals surface area contributed by atoms with Gasteiger partial charge in [-0.05, 0) is 44.9 Å². The highest BCUT2D eigenvalue weighted by Gasteiger charge is 2.51. The zero-order chi connectivity index (χ0) is 14.6. The lowest BCUT2D eigenvalue weighted by Crippen LogP contribution is -2.41. The van der Waals surface area contributed by atoms with Crippen LogP contribution in [0.4, 0.5) is 0 Å². The first-order valence-corrected chi connectivity index (χ1v) is 8.48. The molecule has 0 saturated heterocycles. The molecule has 2 heteroatoms. The highest BCUT2D eigenvalue weighted by atomic mass is 16.6. The van der Waals surface area contributed by atoms with Crippen molar-refractivity contribution >= 4 is 5.97 Å². The summed E-state index contributed by atoms with van der Waals surface area (Å²) in [5, 5.41) is 0. The van der Waals surface area contributed by atoms with E-state index in [0.29, 0.717) is 11.5 Å². The molecular formula is C18H30O2. The number of carbonyl (C=O) groups excluding carboxylic acids is 1. The van der Waals surface area contributed by atoms with Crippen LogP contribution in [0.25, 0.3) is 0 Å². The summed E-state index contributed by atoms with van der Waals surface area (Å²) >= 11 is 0. The second kappa shape index (κ2) is 6.78. The molecule has 2 nitrogen and oxygen atoms in total. The van der Waals surface area contributed by atoms with Gasteiger partial charge in [-0.25, -0.2) is 4.79 Å². The van der Waals surface area contributed by atoms with Crippen molar-refractivity contribution in [3.63, 3.8) is 0 Å². The Bertz CT molecular complexity index is 360. The number of rotatable bonds is 6. The van der Waals surface area contributed by atoms with Crippen LogP contribution < -0.4 is 0 Å². The Hall–Kier alpha value is -0.790. The number of ether oxygens (including phenoxy) is 1. The van der Waals surface area contributed by atoms with Gasteiger partial charge in [0.15, 0.2) is 0 Å². The van der Waals surface area contributed by atoms with E-state index in [1.54, 1.807) is 6.92 Å². The Labute approximate surface area is 124 Å². The van der Waals surface area contributed by atoms with Crippen LogP contribution in [0.3, 0.4) is 0 Å². The van der Waals surface area contributed by atoms with E-state index >= 15 is 0 Å². The summed E-state index contributed by atoms with van der Waals surface area (Å²) < 4.78 is 6.04. The second-order valence-electron chi connectivity index (χ2n) is 6.88. The Balaban J connectivity index is 2.11. The third-order valence-electron chi connectivity index (χ3n) is 5.37. The van der Waals surface area contributed by atoms with Crippen LogP contribution in [0.1, 0.15) is 78.1 Å². The highest BCUT2D eigenvalue weighted by molar-refractivity contribution is 5.87. The molecule has 0 bridgehead atoms. The predicted molar refractivity (Wildman–Crippen MR) is 82.5 cm³/mol. The molecule has 114 valence electrons. The molecule has 3 atom stereocenters.